The Morgan fingerprint density at radius 3 is 2.44 bits per heavy atom. The van der Waals surface area contributed by atoms with Gasteiger partial charge in [-0.15, -0.1) is 0 Å². The van der Waals surface area contributed by atoms with Crippen LogP contribution in [0.2, 0.25) is 0 Å². The van der Waals surface area contributed by atoms with Gasteiger partial charge >= 0.3 is 6.18 Å². The summed E-state index contributed by atoms with van der Waals surface area (Å²) >= 11 is 0. The lowest BCUT2D eigenvalue weighted by atomic mass is 10.1. The Labute approximate surface area is 204 Å². The molecule has 1 aliphatic heterocycles. The minimum Gasteiger partial charge on any atom is -0.491 e. The van der Waals surface area contributed by atoms with Crippen molar-refractivity contribution in [2.45, 2.75) is 25.6 Å². The second kappa shape index (κ2) is 9.72. The third-order valence-electron chi connectivity index (χ3n) is 5.57. The molecule has 12 heteroatoms. The van der Waals surface area contributed by atoms with E-state index in [4.69, 9.17) is 16.2 Å². The number of primary amides is 2. The van der Waals surface area contributed by atoms with E-state index >= 15 is 0 Å². The van der Waals surface area contributed by atoms with Crippen LogP contribution in [0.3, 0.4) is 0 Å². The number of hydrogen-bond acceptors (Lipinski definition) is 7. The molecule has 3 aromatic rings. The van der Waals surface area contributed by atoms with Gasteiger partial charge < -0.3 is 26.4 Å². The Morgan fingerprint density at radius 1 is 1.08 bits per heavy atom. The number of rotatable bonds is 6. The quantitative estimate of drug-likeness (QED) is 0.471. The molecule has 5 N–H and O–H groups in total. The first-order valence-electron chi connectivity index (χ1n) is 11.0. The molecule has 4 rings (SSSR count). The third kappa shape index (κ3) is 5.32. The Balaban J connectivity index is 1.71. The average Bonchev–Trinajstić information content (AvgIpc) is 3.05. The van der Waals surface area contributed by atoms with Gasteiger partial charge in [-0.2, -0.15) is 13.2 Å². The maximum Gasteiger partial charge on any atom is 0.416 e. The highest BCUT2D eigenvalue weighted by molar-refractivity contribution is 5.92. The Hall–Kier alpha value is -4.35. The fourth-order valence-electron chi connectivity index (χ4n) is 3.69. The highest BCUT2D eigenvalue weighted by Crippen LogP contribution is 2.39. The topological polar surface area (TPSA) is 136 Å². The van der Waals surface area contributed by atoms with E-state index in [0.717, 1.165) is 12.1 Å². The van der Waals surface area contributed by atoms with Crippen molar-refractivity contribution in [1.29, 1.82) is 0 Å². The lowest BCUT2D eigenvalue weighted by Crippen LogP contribution is -2.33. The molecular weight excluding hydrogens is 477 g/mol. The van der Waals surface area contributed by atoms with Crippen molar-refractivity contribution in [3.05, 3.63) is 59.8 Å². The van der Waals surface area contributed by atoms with Crippen molar-refractivity contribution in [1.82, 2.24) is 9.97 Å². The first-order chi connectivity index (χ1) is 17.0. The highest BCUT2D eigenvalue weighted by Gasteiger charge is 2.30. The smallest absolute Gasteiger partial charge is 0.416 e. The lowest BCUT2D eigenvalue weighted by Gasteiger charge is -2.24. The molecule has 1 atom stereocenters. The number of nitrogens with zero attached hydrogens (tertiary/aromatic N) is 3. The monoisotopic (exact) mass is 500 g/mol. The van der Waals surface area contributed by atoms with Crippen LogP contribution >= 0.6 is 0 Å². The second-order valence-electron chi connectivity index (χ2n) is 8.18. The summed E-state index contributed by atoms with van der Waals surface area (Å²) in [5.74, 6) is -0.590. The molecule has 2 amide bonds. The van der Waals surface area contributed by atoms with Crippen LogP contribution in [0.25, 0.3) is 11.4 Å². The largest absolute Gasteiger partial charge is 0.491 e. The van der Waals surface area contributed by atoms with Gasteiger partial charge in [0.15, 0.2) is 5.82 Å². The number of anilines is 3. The summed E-state index contributed by atoms with van der Waals surface area (Å²) in [7, 11) is 0. The predicted octanol–water partition coefficient (Wildman–Crippen LogP) is 3.47. The van der Waals surface area contributed by atoms with Gasteiger partial charge in [0.25, 0.3) is 5.91 Å². The summed E-state index contributed by atoms with van der Waals surface area (Å²) in [6.07, 6.45) is -3.78. The lowest BCUT2D eigenvalue weighted by molar-refractivity contribution is -0.137. The van der Waals surface area contributed by atoms with Gasteiger partial charge in [-0.1, -0.05) is 0 Å². The van der Waals surface area contributed by atoms with Crippen LogP contribution in [0, 0.1) is 0 Å². The molecule has 0 radical (unpaired) electrons. The standard InChI is InChI=1S/C24H23F3N6O3/c1-13(21(28)34)30-20-12-17(22(29)35)31-23(32-20)14-3-8-18-19(11-14)36-10-2-9-33(18)16-6-4-15(5-7-16)24(25,26)27/h3-8,11-13H,2,9-10H2,1H3,(H2,28,34)(H2,29,35)(H,30,31,32)/t13-/m0/s1. The van der Waals surface area contributed by atoms with Gasteiger partial charge in [0, 0.05) is 23.9 Å². The number of benzene rings is 2. The van der Waals surface area contributed by atoms with Gasteiger partial charge in [0.1, 0.15) is 23.3 Å². The van der Waals surface area contributed by atoms with Crippen molar-refractivity contribution in [2.24, 2.45) is 11.5 Å². The average molecular weight is 500 g/mol. The fraction of sp³-hybridized carbons (Fsp3) is 0.250. The van der Waals surface area contributed by atoms with Crippen molar-refractivity contribution >= 4 is 29.0 Å². The van der Waals surface area contributed by atoms with Gasteiger partial charge in [-0.25, -0.2) is 9.97 Å². The fourth-order valence-corrected chi connectivity index (χ4v) is 3.69. The van der Waals surface area contributed by atoms with Crippen LogP contribution in [0.1, 0.15) is 29.4 Å². The number of carbonyl (C=O) groups excluding carboxylic acids is 2. The summed E-state index contributed by atoms with van der Waals surface area (Å²) in [5.41, 5.74) is 11.7. The molecule has 0 unspecified atom stereocenters. The number of nitrogens with one attached hydrogen (secondary N) is 1. The number of carbonyl (C=O) groups is 2. The molecule has 9 nitrogen and oxygen atoms in total. The Kier molecular flexibility index (Phi) is 6.69. The van der Waals surface area contributed by atoms with E-state index < -0.39 is 29.6 Å². The van der Waals surface area contributed by atoms with Crippen molar-refractivity contribution < 1.29 is 27.5 Å². The van der Waals surface area contributed by atoms with E-state index in [-0.39, 0.29) is 17.3 Å². The summed E-state index contributed by atoms with van der Waals surface area (Å²) in [5, 5.41) is 2.81. The molecule has 36 heavy (non-hydrogen) atoms. The van der Waals surface area contributed by atoms with Crippen LogP contribution in [-0.2, 0) is 11.0 Å². The first-order valence-corrected chi connectivity index (χ1v) is 11.0. The van der Waals surface area contributed by atoms with Crippen LogP contribution < -0.4 is 26.4 Å². The Bertz CT molecular complexity index is 1300. The molecular formula is C24H23F3N6O3. The summed E-state index contributed by atoms with van der Waals surface area (Å²) in [4.78, 5) is 33.7. The van der Waals surface area contributed by atoms with Gasteiger partial charge in [0.05, 0.1) is 17.9 Å². The zero-order chi connectivity index (χ0) is 26.0. The predicted molar refractivity (Wildman–Crippen MR) is 127 cm³/mol. The number of fused-ring (bicyclic) bond motifs is 1. The number of ether oxygens (including phenoxy) is 1. The summed E-state index contributed by atoms with van der Waals surface area (Å²) in [6.45, 7) is 2.46. The molecule has 2 heterocycles. The zero-order valence-corrected chi connectivity index (χ0v) is 19.2. The molecule has 1 aromatic heterocycles. The van der Waals surface area contributed by atoms with Gasteiger partial charge in [-0.05, 0) is 55.8 Å². The number of halogens is 3. The highest BCUT2D eigenvalue weighted by atomic mass is 19.4. The van der Waals surface area contributed by atoms with Gasteiger partial charge in [0.2, 0.25) is 5.91 Å². The van der Waals surface area contributed by atoms with E-state index in [9.17, 15) is 22.8 Å². The minimum atomic E-state index is -4.42. The van der Waals surface area contributed by atoms with Crippen LogP contribution in [0.4, 0.5) is 30.4 Å². The van der Waals surface area contributed by atoms with E-state index in [1.165, 1.54) is 18.2 Å². The molecule has 2 aromatic carbocycles. The van der Waals surface area contributed by atoms with E-state index in [2.05, 4.69) is 15.3 Å². The second-order valence-corrected chi connectivity index (χ2v) is 8.18. The third-order valence-corrected chi connectivity index (χ3v) is 5.57. The Morgan fingerprint density at radius 2 is 1.81 bits per heavy atom. The maximum atomic E-state index is 13.0. The number of alkyl halides is 3. The number of aromatic nitrogens is 2. The number of hydrogen-bond donors (Lipinski definition) is 3. The van der Waals surface area contributed by atoms with Crippen LogP contribution in [0.15, 0.2) is 48.5 Å². The number of nitrogens with two attached hydrogens (primary N) is 2. The molecule has 0 bridgehead atoms. The molecule has 0 saturated carbocycles. The molecule has 0 aliphatic carbocycles. The van der Waals surface area contributed by atoms with E-state index in [1.807, 2.05) is 4.90 Å². The zero-order valence-electron chi connectivity index (χ0n) is 19.2. The van der Waals surface area contributed by atoms with Crippen molar-refractivity contribution in [2.75, 3.05) is 23.4 Å². The van der Waals surface area contributed by atoms with E-state index in [0.29, 0.717) is 42.3 Å². The van der Waals surface area contributed by atoms with Gasteiger partial charge in [-0.3, -0.25) is 9.59 Å². The van der Waals surface area contributed by atoms with Crippen molar-refractivity contribution in [3.8, 4) is 17.1 Å². The summed E-state index contributed by atoms with van der Waals surface area (Å²) < 4.78 is 44.9. The first kappa shape index (κ1) is 24.8. The summed E-state index contributed by atoms with van der Waals surface area (Å²) in [6, 6.07) is 10.6. The van der Waals surface area contributed by atoms with Crippen LogP contribution in [0.5, 0.6) is 5.75 Å². The SMILES string of the molecule is C[C@H](Nc1cc(C(N)=O)nc(-c2ccc3c(c2)OCCCN3c2ccc(C(F)(F)F)cc2)n1)C(N)=O. The van der Waals surface area contributed by atoms with Crippen LogP contribution in [-0.4, -0.2) is 41.0 Å². The molecule has 188 valence electrons. The minimum absolute atomic E-state index is 0.0681. The maximum absolute atomic E-state index is 13.0. The van der Waals surface area contributed by atoms with Crippen molar-refractivity contribution in [3.63, 3.8) is 0 Å². The normalized spacial score (nSPS) is 14.3. The van der Waals surface area contributed by atoms with E-state index in [1.54, 1.807) is 25.1 Å². The molecule has 0 saturated heterocycles. The number of amides is 2. The molecule has 0 spiro atoms. The molecule has 1 aliphatic rings. The molecule has 0 fully saturated rings.